The van der Waals surface area contributed by atoms with Crippen molar-refractivity contribution in [2.75, 3.05) is 20.7 Å². The molecule has 3 atom stereocenters. The molecule has 0 spiro atoms. The van der Waals surface area contributed by atoms with Crippen LogP contribution in [0.2, 0.25) is 0 Å². The van der Waals surface area contributed by atoms with Gasteiger partial charge in [-0.2, -0.15) is 0 Å². The van der Waals surface area contributed by atoms with E-state index in [4.69, 9.17) is 4.74 Å². The number of hydrogen-bond donors (Lipinski definition) is 0. The van der Waals surface area contributed by atoms with E-state index < -0.39 is 0 Å². The van der Waals surface area contributed by atoms with Crippen LogP contribution in [0.3, 0.4) is 0 Å². The Morgan fingerprint density at radius 3 is 1.54 bits per heavy atom. The molecule has 0 amide bonds. The second kappa shape index (κ2) is 24.5. The first kappa shape index (κ1) is 34.5. The minimum absolute atomic E-state index is 0.0222. The van der Waals surface area contributed by atoms with E-state index in [9.17, 15) is 4.79 Å². The molecule has 1 saturated carbocycles. The Balaban J connectivity index is 1.82. The van der Waals surface area contributed by atoms with Gasteiger partial charge >= 0.3 is 5.97 Å². The van der Waals surface area contributed by atoms with Crippen molar-refractivity contribution in [3.63, 3.8) is 0 Å². The second-order valence-corrected chi connectivity index (χ2v) is 12.4. The van der Waals surface area contributed by atoms with Crippen molar-refractivity contribution in [2.24, 2.45) is 11.8 Å². The fourth-order valence-corrected chi connectivity index (χ4v) is 6.12. The van der Waals surface area contributed by atoms with E-state index in [1.165, 1.54) is 148 Å². The normalized spacial score (nSPS) is 17.9. The summed E-state index contributed by atoms with van der Waals surface area (Å²) >= 11 is 0. The minimum Gasteiger partial charge on any atom is -0.466 e. The molecule has 3 nitrogen and oxygen atoms in total. The number of ether oxygens (including phenoxy) is 1. The third-order valence-corrected chi connectivity index (χ3v) is 8.81. The van der Waals surface area contributed by atoms with E-state index in [0.717, 1.165) is 24.3 Å². The molecule has 0 N–H and O–H groups in total. The molecule has 0 aromatic rings. The summed E-state index contributed by atoms with van der Waals surface area (Å²) < 4.78 is 4.99. The summed E-state index contributed by atoms with van der Waals surface area (Å²) in [6.45, 7) is 4.69. The molecule has 1 rings (SSSR count). The molecule has 0 aromatic carbocycles. The smallest absolute Gasteiger partial charge is 0.305 e. The largest absolute Gasteiger partial charge is 0.466 e. The van der Waals surface area contributed by atoms with E-state index in [1.807, 2.05) is 6.92 Å². The molecule has 1 fully saturated rings. The van der Waals surface area contributed by atoms with Crippen LogP contribution in [0, 0.1) is 11.8 Å². The highest BCUT2D eigenvalue weighted by Gasteiger charge is 2.34. The lowest BCUT2D eigenvalue weighted by Gasteiger charge is -2.24. The minimum atomic E-state index is -0.0222. The Labute approximate surface area is 233 Å². The van der Waals surface area contributed by atoms with Gasteiger partial charge in [-0.1, -0.05) is 135 Å². The van der Waals surface area contributed by atoms with Gasteiger partial charge in [-0.25, -0.2) is 0 Å². The zero-order valence-electron chi connectivity index (χ0n) is 25.9. The van der Waals surface area contributed by atoms with E-state index in [0.29, 0.717) is 13.0 Å². The SMILES string of the molecule is CCCCCCCCC(CCCCCCCCCCC1CC1CCCCCCCC(=O)OCC)N(C)C. The zero-order chi connectivity index (χ0) is 27.0. The highest BCUT2D eigenvalue weighted by molar-refractivity contribution is 5.69. The van der Waals surface area contributed by atoms with E-state index >= 15 is 0 Å². The Hall–Kier alpha value is -0.570. The summed E-state index contributed by atoms with van der Waals surface area (Å²) in [4.78, 5) is 13.8. The molecule has 0 aromatic heterocycles. The van der Waals surface area contributed by atoms with E-state index in [-0.39, 0.29) is 5.97 Å². The first-order valence-corrected chi connectivity index (χ1v) is 16.9. The fraction of sp³-hybridized carbons (Fsp3) is 0.971. The summed E-state index contributed by atoms with van der Waals surface area (Å²) in [5, 5.41) is 0. The molecule has 0 bridgehead atoms. The van der Waals surface area contributed by atoms with Crippen molar-refractivity contribution >= 4 is 5.97 Å². The van der Waals surface area contributed by atoms with Crippen molar-refractivity contribution in [1.82, 2.24) is 4.90 Å². The third kappa shape index (κ3) is 21.0. The Morgan fingerprint density at radius 2 is 1.08 bits per heavy atom. The lowest BCUT2D eigenvalue weighted by atomic mass is 9.99. The number of carbonyl (C=O) groups excluding carboxylic acids is 1. The zero-order valence-corrected chi connectivity index (χ0v) is 25.9. The van der Waals surface area contributed by atoms with Gasteiger partial charge in [0, 0.05) is 12.5 Å². The van der Waals surface area contributed by atoms with Crippen molar-refractivity contribution in [3.8, 4) is 0 Å². The summed E-state index contributed by atoms with van der Waals surface area (Å²) in [6, 6.07) is 0.806. The van der Waals surface area contributed by atoms with Gasteiger partial charge in [-0.05, 0) is 58.5 Å². The van der Waals surface area contributed by atoms with Crippen LogP contribution in [0.4, 0.5) is 0 Å². The Kier molecular flexibility index (Phi) is 22.8. The fourth-order valence-electron chi connectivity index (χ4n) is 6.12. The van der Waals surface area contributed by atoms with Crippen molar-refractivity contribution in [3.05, 3.63) is 0 Å². The molecule has 0 saturated heterocycles. The molecule has 1 aliphatic rings. The van der Waals surface area contributed by atoms with E-state index in [2.05, 4.69) is 25.9 Å². The second-order valence-electron chi connectivity index (χ2n) is 12.4. The summed E-state index contributed by atoms with van der Waals surface area (Å²) in [5.41, 5.74) is 0. The topological polar surface area (TPSA) is 29.5 Å². The van der Waals surface area contributed by atoms with Gasteiger partial charge in [0.25, 0.3) is 0 Å². The van der Waals surface area contributed by atoms with Gasteiger partial charge in [0.15, 0.2) is 0 Å². The third-order valence-electron chi connectivity index (χ3n) is 8.81. The van der Waals surface area contributed by atoms with Gasteiger partial charge in [0.1, 0.15) is 0 Å². The molecular weight excluding hydrogens is 454 g/mol. The molecule has 0 radical (unpaired) electrons. The standard InChI is InChI=1S/C34H67NO2/c1-5-7-8-9-17-22-27-33(35(3)4)28-23-18-13-11-10-12-15-20-25-31-30-32(31)26-21-16-14-19-24-29-34(36)37-6-2/h31-33H,5-30H2,1-4H3. The van der Waals surface area contributed by atoms with Gasteiger partial charge in [0.2, 0.25) is 0 Å². The van der Waals surface area contributed by atoms with Crippen LogP contribution in [0.1, 0.15) is 174 Å². The number of unbranched alkanes of at least 4 members (excludes halogenated alkanes) is 16. The number of esters is 1. The lowest BCUT2D eigenvalue weighted by Crippen LogP contribution is -2.27. The molecule has 37 heavy (non-hydrogen) atoms. The van der Waals surface area contributed by atoms with Crippen LogP contribution >= 0.6 is 0 Å². The first-order chi connectivity index (χ1) is 18.1. The average Bonchev–Trinajstić information content (AvgIpc) is 3.63. The van der Waals surface area contributed by atoms with Crippen LogP contribution in [0.25, 0.3) is 0 Å². The van der Waals surface area contributed by atoms with Crippen LogP contribution in [-0.2, 0) is 9.53 Å². The molecule has 220 valence electrons. The molecule has 3 unspecified atom stereocenters. The predicted octanol–water partition coefficient (Wildman–Crippen LogP) is 10.5. The molecule has 0 aliphatic heterocycles. The monoisotopic (exact) mass is 522 g/mol. The van der Waals surface area contributed by atoms with Crippen molar-refractivity contribution < 1.29 is 9.53 Å². The average molecular weight is 522 g/mol. The lowest BCUT2D eigenvalue weighted by molar-refractivity contribution is -0.143. The van der Waals surface area contributed by atoms with Crippen LogP contribution in [-0.4, -0.2) is 37.6 Å². The summed E-state index contributed by atoms with van der Waals surface area (Å²) in [7, 11) is 4.56. The van der Waals surface area contributed by atoms with Gasteiger partial charge in [0.05, 0.1) is 6.61 Å². The molecular formula is C34H67NO2. The van der Waals surface area contributed by atoms with Crippen LogP contribution in [0.5, 0.6) is 0 Å². The van der Waals surface area contributed by atoms with Gasteiger partial charge in [-0.3, -0.25) is 4.79 Å². The van der Waals surface area contributed by atoms with Crippen molar-refractivity contribution in [2.45, 2.75) is 180 Å². The molecule has 0 heterocycles. The number of rotatable bonds is 28. The quantitative estimate of drug-likeness (QED) is 0.0757. The maximum absolute atomic E-state index is 11.3. The number of hydrogen-bond acceptors (Lipinski definition) is 3. The maximum atomic E-state index is 11.3. The van der Waals surface area contributed by atoms with E-state index in [1.54, 1.807) is 0 Å². The number of carbonyl (C=O) groups is 1. The predicted molar refractivity (Wildman–Crippen MR) is 162 cm³/mol. The highest BCUT2D eigenvalue weighted by atomic mass is 16.5. The first-order valence-electron chi connectivity index (χ1n) is 16.9. The molecule has 1 aliphatic carbocycles. The van der Waals surface area contributed by atoms with Crippen LogP contribution in [0.15, 0.2) is 0 Å². The summed E-state index contributed by atoms with van der Waals surface area (Å²) in [5.74, 6) is 2.09. The summed E-state index contributed by atoms with van der Waals surface area (Å²) in [6.07, 6.45) is 34.2. The Morgan fingerprint density at radius 1 is 0.649 bits per heavy atom. The maximum Gasteiger partial charge on any atom is 0.305 e. The van der Waals surface area contributed by atoms with Gasteiger partial charge in [-0.15, -0.1) is 0 Å². The van der Waals surface area contributed by atoms with Crippen LogP contribution < -0.4 is 0 Å². The Bertz CT molecular complexity index is 506. The van der Waals surface area contributed by atoms with Gasteiger partial charge < -0.3 is 9.64 Å². The van der Waals surface area contributed by atoms with Crippen molar-refractivity contribution in [1.29, 1.82) is 0 Å². The molecule has 3 heteroatoms. The highest BCUT2D eigenvalue weighted by Crippen LogP contribution is 2.45. The number of nitrogens with zero attached hydrogens (tertiary/aromatic N) is 1.